The lowest BCUT2D eigenvalue weighted by atomic mass is 9.92. The van der Waals surface area contributed by atoms with Gasteiger partial charge in [-0.3, -0.25) is 4.99 Å². The molecular formula is C21H35N3. The van der Waals surface area contributed by atoms with Crippen molar-refractivity contribution in [2.75, 3.05) is 32.5 Å². The molecule has 3 nitrogen and oxygen atoms in total. The Bertz CT molecular complexity index is 554. The summed E-state index contributed by atoms with van der Waals surface area (Å²) in [6.45, 7) is 15.0. The van der Waals surface area contributed by atoms with Crippen LogP contribution in [0.5, 0.6) is 0 Å². The van der Waals surface area contributed by atoms with Crippen molar-refractivity contribution in [2.24, 2.45) is 4.99 Å². The van der Waals surface area contributed by atoms with Gasteiger partial charge >= 0.3 is 0 Å². The third kappa shape index (κ3) is 6.48. The van der Waals surface area contributed by atoms with Gasteiger partial charge in [0.15, 0.2) is 0 Å². The summed E-state index contributed by atoms with van der Waals surface area (Å²) >= 11 is 0. The van der Waals surface area contributed by atoms with Gasteiger partial charge in [0.1, 0.15) is 0 Å². The molecular weight excluding hydrogens is 294 g/mol. The maximum absolute atomic E-state index is 4.62. The molecule has 0 fully saturated rings. The minimum absolute atomic E-state index is 0.494. The lowest BCUT2D eigenvalue weighted by Gasteiger charge is -2.21. The zero-order valence-corrected chi connectivity index (χ0v) is 16.8. The summed E-state index contributed by atoms with van der Waals surface area (Å²) in [5.74, 6) is 0.989. The second-order valence-corrected chi connectivity index (χ2v) is 7.40. The van der Waals surface area contributed by atoms with Gasteiger partial charge in [-0.1, -0.05) is 45.9 Å². The van der Waals surface area contributed by atoms with Gasteiger partial charge in [0, 0.05) is 23.6 Å². The van der Waals surface area contributed by atoms with Crippen molar-refractivity contribution < 1.29 is 0 Å². The molecule has 0 radical (unpaired) electrons. The molecule has 1 N–H and O–H groups in total. The smallest absolute Gasteiger partial charge is 0.0519 e. The Morgan fingerprint density at radius 2 is 1.62 bits per heavy atom. The van der Waals surface area contributed by atoms with E-state index in [2.05, 4.69) is 95.1 Å². The minimum Gasteiger partial charge on any atom is -0.359 e. The first-order chi connectivity index (χ1) is 11.2. The molecule has 1 aromatic carbocycles. The molecule has 3 heteroatoms. The highest BCUT2D eigenvalue weighted by atomic mass is 15.1. The molecule has 0 bridgehead atoms. The minimum atomic E-state index is 0.494. The summed E-state index contributed by atoms with van der Waals surface area (Å²) in [7, 11) is 4.15. The van der Waals surface area contributed by atoms with Gasteiger partial charge in [-0.2, -0.15) is 0 Å². The normalized spacial score (nSPS) is 13.3. The monoisotopic (exact) mass is 329 g/mol. The zero-order chi connectivity index (χ0) is 18.3. The Hall–Kier alpha value is -1.61. The van der Waals surface area contributed by atoms with Crippen LogP contribution in [0, 0.1) is 0 Å². The molecule has 0 saturated carbocycles. The molecule has 1 rings (SSSR count). The summed E-state index contributed by atoms with van der Waals surface area (Å²) in [6.07, 6.45) is 2.14. The van der Waals surface area contributed by atoms with E-state index in [4.69, 9.17) is 0 Å². The Morgan fingerprint density at radius 3 is 2.08 bits per heavy atom. The second kappa shape index (κ2) is 9.63. The van der Waals surface area contributed by atoms with E-state index >= 15 is 0 Å². The molecule has 0 aliphatic carbocycles. The molecule has 0 atom stereocenters. The van der Waals surface area contributed by atoms with Crippen LogP contribution in [0.15, 0.2) is 35.0 Å². The molecule has 0 aliphatic heterocycles. The highest BCUT2D eigenvalue weighted by Crippen LogP contribution is 2.33. The molecule has 0 saturated heterocycles. The fraction of sp³-hybridized carbons (Fsp3) is 0.571. The van der Waals surface area contributed by atoms with Crippen molar-refractivity contribution in [3.05, 3.63) is 41.1 Å². The predicted octanol–water partition coefficient (Wildman–Crippen LogP) is 5.27. The van der Waals surface area contributed by atoms with Crippen LogP contribution in [0.3, 0.4) is 0 Å². The van der Waals surface area contributed by atoms with E-state index in [1.807, 2.05) is 0 Å². The van der Waals surface area contributed by atoms with Crippen LogP contribution in [-0.4, -0.2) is 37.8 Å². The molecule has 0 amide bonds. The fourth-order valence-electron chi connectivity index (χ4n) is 2.71. The van der Waals surface area contributed by atoms with E-state index in [9.17, 15) is 0 Å². The van der Waals surface area contributed by atoms with Crippen LogP contribution in [0.25, 0.3) is 0 Å². The van der Waals surface area contributed by atoms with Crippen LogP contribution in [0.1, 0.15) is 64.5 Å². The van der Waals surface area contributed by atoms with Crippen molar-refractivity contribution in [1.82, 2.24) is 4.90 Å². The molecule has 0 aliphatic rings. The number of nitrogens with one attached hydrogen (secondary N) is 1. The first-order valence-electron chi connectivity index (χ1n) is 8.96. The summed E-state index contributed by atoms with van der Waals surface area (Å²) in [5.41, 5.74) is 6.20. The third-order valence-electron chi connectivity index (χ3n) is 4.03. The number of benzene rings is 1. The average Bonchev–Trinajstić information content (AvgIpc) is 2.46. The van der Waals surface area contributed by atoms with E-state index in [1.165, 1.54) is 16.8 Å². The molecule has 0 aromatic heterocycles. The number of anilines is 1. The molecule has 0 spiro atoms. The van der Waals surface area contributed by atoms with Crippen LogP contribution >= 0.6 is 0 Å². The highest BCUT2D eigenvalue weighted by Gasteiger charge is 2.13. The number of nitrogens with zero attached hydrogens (tertiary/aromatic N) is 2. The van der Waals surface area contributed by atoms with Gasteiger partial charge in [0.05, 0.1) is 6.54 Å². The van der Waals surface area contributed by atoms with E-state index < -0.39 is 0 Å². The SMILES string of the molecule is CC(=CC(C)=NCCN(C)C)Nc1c(C(C)C)cccc1C(C)C. The first-order valence-corrected chi connectivity index (χ1v) is 8.96. The van der Waals surface area contributed by atoms with Crippen LogP contribution in [0.4, 0.5) is 5.69 Å². The Balaban J connectivity index is 3.00. The van der Waals surface area contributed by atoms with Crippen molar-refractivity contribution in [1.29, 1.82) is 0 Å². The van der Waals surface area contributed by atoms with Crippen molar-refractivity contribution in [3.63, 3.8) is 0 Å². The topological polar surface area (TPSA) is 27.6 Å². The second-order valence-electron chi connectivity index (χ2n) is 7.40. The van der Waals surface area contributed by atoms with Crippen molar-refractivity contribution in [2.45, 2.75) is 53.4 Å². The van der Waals surface area contributed by atoms with Gasteiger partial charge in [-0.15, -0.1) is 0 Å². The highest BCUT2D eigenvalue weighted by molar-refractivity contribution is 5.93. The summed E-state index contributed by atoms with van der Waals surface area (Å²) in [4.78, 5) is 6.77. The Kier molecular flexibility index (Phi) is 8.20. The third-order valence-corrected chi connectivity index (χ3v) is 4.03. The number of rotatable bonds is 8. The predicted molar refractivity (Wildman–Crippen MR) is 109 cm³/mol. The number of hydrogen-bond donors (Lipinski definition) is 1. The molecule has 1 aromatic rings. The number of allylic oxidation sites excluding steroid dienone is 2. The van der Waals surface area contributed by atoms with Crippen LogP contribution < -0.4 is 5.32 Å². The van der Waals surface area contributed by atoms with Crippen molar-refractivity contribution >= 4 is 11.4 Å². The van der Waals surface area contributed by atoms with Gasteiger partial charge < -0.3 is 10.2 Å². The van der Waals surface area contributed by atoms with E-state index in [1.54, 1.807) is 0 Å². The number of hydrogen-bond acceptors (Lipinski definition) is 3. The Morgan fingerprint density at radius 1 is 1.08 bits per heavy atom. The number of aliphatic imine (C=N–C) groups is 1. The first kappa shape index (κ1) is 20.4. The standard InChI is InChI=1S/C21H35N3/c1-15(2)19-10-9-11-20(16(3)4)21(19)23-18(6)14-17(5)22-12-13-24(7)8/h9-11,14-16,23H,12-13H2,1-8H3. The van der Waals surface area contributed by atoms with Crippen LogP contribution in [-0.2, 0) is 0 Å². The number of para-hydroxylation sites is 1. The lowest BCUT2D eigenvalue weighted by molar-refractivity contribution is 0.420. The van der Waals surface area contributed by atoms with Crippen LogP contribution in [0.2, 0.25) is 0 Å². The molecule has 134 valence electrons. The molecule has 0 heterocycles. The largest absolute Gasteiger partial charge is 0.359 e. The maximum atomic E-state index is 4.62. The van der Waals surface area contributed by atoms with Gasteiger partial charge in [0.25, 0.3) is 0 Å². The zero-order valence-electron chi connectivity index (χ0n) is 16.8. The quantitative estimate of drug-likeness (QED) is 0.658. The summed E-state index contributed by atoms with van der Waals surface area (Å²) in [5, 5.41) is 3.64. The Labute approximate surface area is 148 Å². The van der Waals surface area contributed by atoms with Gasteiger partial charge in [0.2, 0.25) is 0 Å². The van der Waals surface area contributed by atoms with Crippen molar-refractivity contribution in [3.8, 4) is 0 Å². The average molecular weight is 330 g/mol. The van der Waals surface area contributed by atoms with Gasteiger partial charge in [-0.05, 0) is 57.0 Å². The summed E-state index contributed by atoms with van der Waals surface area (Å²) < 4.78 is 0. The lowest BCUT2D eigenvalue weighted by Crippen LogP contribution is -2.15. The van der Waals surface area contributed by atoms with E-state index in [-0.39, 0.29) is 0 Å². The van der Waals surface area contributed by atoms with E-state index in [0.717, 1.165) is 24.5 Å². The molecule has 0 unspecified atom stereocenters. The maximum Gasteiger partial charge on any atom is 0.0519 e. The van der Waals surface area contributed by atoms with Gasteiger partial charge in [-0.25, -0.2) is 0 Å². The number of likely N-dealkylation sites (N-methyl/N-ethyl adjacent to an activating group) is 1. The summed E-state index contributed by atoms with van der Waals surface area (Å²) in [6, 6.07) is 6.62. The van der Waals surface area contributed by atoms with E-state index in [0.29, 0.717) is 11.8 Å². The fourth-order valence-corrected chi connectivity index (χ4v) is 2.71. The molecule has 24 heavy (non-hydrogen) atoms.